The van der Waals surface area contributed by atoms with E-state index in [0.29, 0.717) is 0 Å². The summed E-state index contributed by atoms with van der Waals surface area (Å²) in [7, 11) is 1.36. The highest BCUT2D eigenvalue weighted by molar-refractivity contribution is 4.51. The Morgan fingerprint density at radius 1 is 0.947 bits per heavy atom. The van der Waals surface area contributed by atoms with Gasteiger partial charge in [0.05, 0.1) is 20.3 Å². The van der Waals surface area contributed by atoms with Crippen LogP contribution >= 0.6 is 0 Å². The van der Waals surface area contributed by atoms with E-state index >= 15 is 0 Å². The topological polar surface area (TPSA) is 83.1 Å². The standard InChI is InChI=1S/C10H18O9/c1-4-13-15-7-6-12-8-10(9-16-11-3)17-19-18-14-5-2/h4-5,10H,1-2,6-9H2,3H3. The van der Waals surface area contributed by atoms with Crippen LogP contribution in [0.2, 0.25) is 0 Å². The average Bonchev–Trinajstić information content (AvgIpc) is 2.43. The van der Waals surface area contributed by atoms with E-state index in [9.17, 15) is 0 Å². The molecule has 9 heteroatoms. The van der Waals surface area contributed by atoms with Crippen molar-refractivity contribution in [3.05, 3.63) is 25.7 Å². The summed E-state index contributed by atoms with van der Waals surface area (Å²) in [6.45, 7) is 7.21. The molecule has 19 heavy (non-hydrogen) atoms. The molecule has 0 bridgehead atoms. The van der Waals surface area contributed by atoms with E-state index in [4.69, 9.17) is 9.62 Å². The van der Waals surface area contributed by atoms with Gasteiger partial charge < -0.3 is 14.5 Å². The maximum Gasteiger partial charge on any atom is 0.146 e. The van der Waals surface area contributed by atoms with Crippen molar-refractivity contribution in [1.29, 1.82) is 0 Å². The van der Waals surface area contributed by atoms with E-state index < -0.39 is 6.10 Å². The fourth-order valence-corrected chi connectivity index (χ4v) is 0.767. The van der Waals surface area contributed by atoms with Crippen molar-refractivity contribution in [3.63, 3.8) is 0 Å². The highest BCUT2D eigenvalue weighted by atomic mass is 17.7. The lowest BCUT2D eigenvalue weighted by Gasteiger charge is -2.14. The van der Waals surface area contributed by atoms with Gasteiger partial charge in [-0.3, -0.25) is 0 Å². The van der Waals surface area contributed by atoms with Crippen molar-refractivity contribution in [2.24, 2.45) is 0 Å². The van der Waals surface area contributed by atoms with Gasteiger partial charge in [-0.1, -0.05) is 13.2 Å². The molecule has 0 aromatic rings. The summed E-state index contributed by atoms with van der Waals surface area (Å²) < 4.78 is 5.20. The van der Waals surface area contributed by atoms with Gasteiger partial charge >= 0.3 is 0 Å². The van der Waals surface area contributed by atoms with Crippen LogP contribution in [0.15, 0.2) is 25.7 Å². The first kappa shape index (κ1) is 17.8. The van der Waals surface area contributed by atoms with E-state index in [2.05, 4.69) is 47.7 Å². The van der Waals surface area contributed by atoms with Crippen LogP contribution in [0, 0.1) is 0 Å². The van der Waals surface area contributed by atoms with Crippen LogP contribution in [0.25, 0.3) is 0 Å². The van der Waals surface area contributed by atoms with Gasteiger partial charge in [0.15, 0.2) is 0 Å². The Balaban J connectivity index is 3.60. The number of hydrogen-bond donors (Lipinski definition) is 0. The fourth-order valence-electron chi connectivity index (χ4n) is 0.767. The Labute approximate surface area is 110 Å². The maximum atomic E-state index is 5.20. The van der Waals surface area contributed by atoms with Crippen molar-refractivity contribution in [2.75, 3.05) is 33.5 Å². The molecule has 1 atom stereocenters. The van der Waals surface area contributed by atoms with E-state index in [1.54, 1.807) is 0 Å². The summed E-state index contributed by atoms with van der Waals surface area (Å²) in [6.07, 6.45) is 1.56. The quantitative estimate of drug-likeness (QED) is 0.189. The van der Waals surface area contributed by atoms with Crippen molar-refractivity contribution >= 4 is 0 Å². The Morgan fingerprint density at radius 3 is 2.42 bits per heavy atom. The summed E-state index contributed by atoms with van der Waals surface area (Å²) >= 11 is 0. The van der Waals surface area contributed by atoms with Crippen molar-refractivity contribution < 1.29 is 44.1 Å². The molecule has 0 heterocycles. The molecule has 0 rings (SSSR count). The van der Waals surface area contributed by atoms with Crippen molar-refractivity contribution in [2.45, 2.75) is 6.10 Å². The molecular formula is C10H18O9. The monoisotopic (exact) mass is 282 g/mol. The average molecular weight is 282 g/mol. The lowest BCUT2D eigenvalue weighted by molar-refractivity contribution is -0.632. The highest BCUT2D eigenvalue weighted by Crippen LogP contribution is 1.98. The van der Waals surface area contributed by atoms with Gasteiger partial charge in [0.2, 0.25) is 0 Å². The summed E-state index contributed by atoms with van der Waals surface area (Å²) in [4.78, 5) is 27.1. The third kappa shape index (κ3) is 13.0. The van der Waals surface area contributed by atoms with Gasteiger partial charge in [-0.15, -0.1) is 0 Å². The number of ether oxygens (including phenoxy) is 1. The van der Waals surface area contributed by atoms with Crippen LogP contribution in [-0.4, -0.2) is 39.6 Å². The summed E-state index contributed by atoms with van der Waals surface area (Å²) in [5.74, 6) is 0. The zero-order valence-electron chi connectivity index (χ0n) is 10.6. The number of rotatable bonds is 15. The predicted molar refractivity (Wildman–Crippen MR) is 59.3 cm³/mol. The molecule has 0 aliphatic rings. The summed E-state index contributed by atoms with van der Waals surface area (Å²) in [6, 6.07) is 0. The Kier molecular flexibility index (Phi) is 13.9. The minimum Gasteiger partial charge on any atom is -0.376 e. The molecule has 0 spiro atoms. The zero-order valence-corrected chi connectivity index (χ0v) is 10.6. The first-order valence-electron chi connectivity index (χ1n) is 5.24. The van der Waals surface area contributed by atoms with E-state index in [1.165, 1.54) is 7.11 Å². The van der Waals surface area contributed by atoms with Gasteiger partial charge in [0.25, 0.3) is 0 Å². The van der Waals surface area contributed by atoms with Gasteiger partial charge in [-0.2, -0.15) is 9.78 Å². The number of hydrogen-bond acceptors (Lipinski definition) is 9. The zero-order chi connectivity index (χ0) is 14.2. The second-order valence-corrected chi connectivity index (χ2v) is 2.73. The molecule has 0 saturated heterocycles. The molecule has 0 fully saturated rings. The van der Waals surface area contributed by atoms with Gasteiger partial charge in [-0.25, -0.2) is 9.78 Å². The summed E-state index contributed by atoms with van der Waals surface area (Å²) in [5.41, 5.74) is 0. The maximum absolute atomic E-state index is 5.20. The van der Waals surface area contributed by atoms with Crippen molar-refractivity contribution in [3.8, 4) is 0 Å². The molecule has 9 nitrogen and oxygen atoms in total. The molecule has 0 aliphatic carbocycles. The lowest BCUT2D eigenvalue weighted by Crippen LogP contribution is -2.26. The van der Waals surface area contributed by atoms with Crippen LogP contribution < -0.4 is 0 Å². The third-order valence-corrected chi connectivity index (χ3v) is 1.43. The molecule has 0 aromatic heterocycles. The van der Waals surface area contributed by atoms with E-state index in [-0.39, 0.29) is 26.4 Å². The first-order chi connectivity index (χ1) is 9.35. The van der Waals surface area contributed by atoms with Crippen LogP contribution in [0.3, 0.4) is 0 Å². The van der Waals surface area contributed by atoms with E-state index in [0.717, 1.165) is 12.5 Å². The SMILES string of the molecule is C=COOCCOCC(COOC)OOOOC=C. The molecule has 0 radical (unpaired) electrons. The van der Waals surface area contributed by atoms with Crippen LogP contribution in [-0.2, 0) is 44.1 Å². The van der Waals surface area contributed by atoms with E-state index in [1.807, 2.05) is 0 Å². The fraction of sp³-hybridized carbons (Fsp3) is 0.600. The molecule has 0 amide bonds. The molecule has 0 aromatic carbocycles. The largest absolute Gasteiger partial charge is 0.376 e. The predicted octanol–water partition coefficient (Wildman–Crippen LogP) is 0.996. The molecule has 1 unspecified atom stereocenters. The lowest BCUT2D eigenvalue weighted by atomic mass is 10.4. The normalized spacial score (nSPS) is 11.8. The minimum absolute atomic E-state index is 0.0535. The second-order valence-electron chi connectivity index (χ2n) is 2.73. The smallest absolute Gasteiger partial charge is 0.146 e. The molecule has 0 saturated carbocycles. The third-order valence-electron chi connectivity index (χ3n) is 1.43. The Bertz CT molecular complexity index is 211. The summed E-state index contributed by atoms with van der Waals surface area (Å²) in [5, 5.41) is 8.36. The molecule has 112 valence electrons. The second kappa shape index (κ2) is 14.9. The minimum atomic E-state index is -0.603. The van der Waals surface area contributed by atoms with Gasteiger partial charge in [0.1, 0.15) is 31.8 Å². The molecular weight excluding hydrogens is 264 g/mol. The molecule has 0 aliphatic heterocycles. The molecule has 0 N–H and O–H groups in total. The van der Waals surface area contributed by atoms with Gasteiger partial charge in [-0.05, 0) is 5.04 Å². The van der Waals surface area contributed by atoms with Crippen molar-refractivity contribution in [1.82, 2.24) is 0 Å². The highest BCUT2D eigenvalue weighted by Gasteiger charge is 2.13. The Morgan fingerprint density at radius 2 is 1.74 bits per heavy atom. The first-order valence-corrected chi connectivity index (χ1v) is 5.24. The van der Waals surface area contributed by atoms with Gasteiger partial charge in [0, 0.05) is 5.04 Å². The van der Waals surface area contributed by atoms with Crippen LogP contribution in [0.4, 0.5) is 0 Å². The van der Waals surface area contributed by atoms with Crippen LogP contribution in [0.1, 0.15) is 0 Å². The Hall–Kier alpha value is -1.20. The van der Waals surface area contributed by atoms with Crippen LogP contribution in [0.5, 0.6) is 0 Å².